The minimum absolute atomic E-state index is 0.249. The average Bonchev–Trinajstić information content (AvgIpc) is 2.30. The van der Waals surface area contributed by atoms with Crippen molar-refractivity contribution in [3.05, 3.63) is 23.3 Å². The van der Waals surface area contributed by atoms with Crippen LogP contribution in [0.5, 0.6) is 0 Å². The SMILES string of the molecule is O=C1NC(=O)C2=CCCC=C12. The van der Waals surface area contributed by atoms with Crippen LogP contribution < -0.4 is 5.32 Å². The van der Waals surface area contributed by atoms with E-state index >= 15 is 0 Å². The largest absolute Gasteiger partial charge is 0.288 e. The van der Waals surface area contributed by atoms with Crippen molar-refractivity contribution < 1.29 is 9.59 Å². The van der Waals surface area contributed by atoms with Crippen LogP contribution >= 0.6 is 0 Å². The predicted molar refractivity (Wildman–Crippen MR) is 38.5 cm³/mol. The van der Waals surface area contributed by atoms with Gasteiger partial charge in [0.1, 0.15) is 0 Å². The predicted octanol–water partition coefficient (Wildman–Crippen LogP) is 0.289. The number of nitrogens with one attached hydrogen (secondary N) is 1. The van der Waals surface area contributed by atoms with Gasteiger partial charge in [-0.1, -0.05) is 12.2 Å². The summed E-state index contributed by atoms with van der Waals surface area (Å²) in [6.07, 6.45) is 5.35. The Morgan fingerprint density at radius 1 is 1.00 bits per heavy atom. The highest BCUT2D eigenvalue weighted by molar-refractivity contribution is 6.24. The van der Waals surface area contributed by atoms with Gasteiger partial charge >= 0.3 is 0 Å². The van der Waals surface area contributed by atoms with Crippen molar-refractivity contribution in [3.8, 4) is 0 Å². The van der Waals surface area contributed by atoms with Crippen LogP contribution in [0, 0.1) is 0 Å². The van der Waals surface area contributed by atoms with E-state index in [9.17, 15) is 9.59 Å². The molecule has 1 fully saturated rings. The zero-order chi connectivity index (χ0) is 7.84. The second-order valence-electron chi connectivity index (χ2n) is 2.60. The molecule has 3 heteroatoms. The van der Waals surface area contributed by atoms with Gasteiger partial charge in [-0.2, -0.15) is 0 Å². The monoisotopic (exact) mass is 149 g/mol. The molecule has 1 N–H and O–H groups in total. The maximum Gasteiger partial charge on any atom is 0.258 e. The number of imide groups is 1. The summed E-state index contributed by atoms with van der Waals surface area (Å²) in [6.45, 7) is 0. The fraction of sp³-hybridized carbons (Fsp3) is 0.250. The molecule has 3 nitrogen and oxygen atoms in total. The van der Waals surface area contributed by atoms with Gasteiger partial charge in [-0.05, 0) is 12.8 Å². The number of carbonyl (C=O) groups is 2. The van der Waals surface area contributed by atoms with Gasteiger partial charge in [0.15, 0.2) is 0 Å². The standard InChI is InChI=1S/C8H7NO2/c10-7-5-3-1-2-4-6(5)8(11)9-7/h3-4H,1-2H2,(H,9,10,11). The molecule has 0 bridgehead atoms. The Morgan fingerprint density at radius 2 is 1.45 bits per heavy atom. The first kappa shape index (κ1) is 6.34. The summed E-state index contributed by atoms with van der Waals surface area (Å²) in [5.41, 5.74) is 1.11. The number of amides is 2. The van der Waals surface area contributed by atoms with Gasteiger partial charge in [-0.25, -0.2) is 0 Å². The van der Waals surface area contributed by atoms with Crippen molar-refractivity contribution in [1.29, 1.82) is 0 Å². The number of hydrogen-bond donors (Lipinski definition) is 1. The summed E-state index contributed by atoms with van der Waals surface area (Å²) in [6, 6.07) is 0. The minimum atomic E-state index is -0.249. The molecular weight excluding hydrogens is 142 g/mol. The second kappa shape index (κ2) is 2.05. The normalized spacial score (nSPS) is 22.2. The van der Waals surface area contributed by atoms with Crippen LogP contribution in [0.4, 0.5) is 0 Å². The second-order valence-corrected chi connectivity index (χ2v) is 2.60. The van der Waals surface area contributed by atoms with Crippen molar-refractivity contribution in [2.45, 2.75) is 12.8 Å². The number of hydrogen-bond acceptors (Lipinski definition) is 2. The minimum Gasteiger partial charge on any atom is -0.288 e. The Labute approximate surface area is 63.8 Å². The summed E-state index contributed by atoms with van der Waals surface area (Å²) in [4.78, 5) is 22.0. The van der Waals surface area contributed by atoms with E-state index in [1.807, 2.05) is 12.2 Å². The zero-order valence-electron chi connectivity index (χ0n) is 5.89. The molecule has 11 heavy (non-hydrogen) atoms. The first-order valence-corrected chi connectivity index (χ1v) is 3.55. The van der Waals surface area contributed by atoms with Crippen LogP contribution in [0.1, 0.15) is 12.8 Å². The molecule has 0 aromatic carbocycles. The lowest BCUT2D eigenvalue weighted by atomic mass is 10.0. The Hall–Kier alpha value is -1.38. The molecule has 2 rings (SSSR count). The van der Waals surface area contributed by atoms with Gasteiger partial charge in [0, 0.05) is 11.1 Å². The van der Waals surface area contributed by atoms with Gasteiger partial charge in [-0.15, -0.1) is 0 Å². The number of fused-ring (bicyclic) bond motifs is 1. The highest BCUT2D eigenvalue weighted by Crippen LogP contribution is 2.23. The summed E-state index contributed by atoms with van der Waals surface area (Å²) < 4.78 is 0. The van der Waals surface area contributed by atoms with Crippen molar-refractivity contribution in [2.24, 2.45) is 0 Å². The Morgan fingerprint density at radius 3 is 1.91 bits per heavy atom. The topological polar surface area (TPSA) is 46.2 Å². The molecule has 2 aliphatic rings. The van der Waals surface area contributed by atoms with E-state index in [0.29, 0.717) is 11.1 Å². The fourth-order valence-electron chi connectivity index (χ4n) is 1.34. The molecule has 1 aliphatic carbocycles. The van der Waals surface area contributed by atoms with Crippen LogP contribution in [0.25, 0.3) is 0 Å². The zero-order valence-corrected chi connectivity index (χ0v) is 5.89. The van der Waals surface area contributed by atoms with E-state index in [4.69, 9.17) is 0 Å². The highest BCUT2D eigenvalue weighted by atomic mass is 16.2. The molecule has 1 aliphatic heterocycles. The Bertz CT molecular complexity index is 269. The molecule has 0 aromatic rings. The summed E-state index contributed by atoms with van der Waals surface area (Å²) in [5.74, 6) is -0.498. The molecule has 0 radical (unpaired) electrons. The maximum absolute atomic E-state index is 11.0. The van der Waals surface area contributed by atoms with Gasteiger partial charge in [0.2, 0.25) is 0 Å². The van der Waals surface area contributed by atoms with Crippen molar-refractivity contribution in [1.82, 2.24) is 5.32 Å². The molecule has 0 unspecified atom stereocenters. The Kier molecular flexibility index (Phi) is 1.18. The summed E-state index contributed by atoms with van der Waals surface area (Å²) in [7, 11) is 0. The van der Waals surface area contributed by atoms with Crippen LogP contribution in [-0.4, -0.2) is 11.8 Å². The van der Waals surface area contributed by atoms with Crippen LogP contribution in [0.3, 0.4) is 0 Å². The third kappa shape index (κ3) is 0.808. The van der Waals surface area contributed by atoms with Gasteiger partial charge < -0.3 is 0 Å². The summed E-state index contributed by atoms with van der Waals surface area (Å²) >= 11 is 0. The van der Waals surface area contributed by atoms with Gasteiger partial charge in [-0.3, -0.25) is 14.9 Å². The molecule has 0 spiro atoms. The maximum atomic E-state index is 11.0. The van der Waals surface area contributed by atoms with E-state index in [1.54, 1.807) is 0 Å². The Balaban J connectivity index is 2.49. The van der Waals surface area contributed by atoms with Gasteiger partial charge in [0.25, 0.3) is 11.8 Å². The third-order valence-electron chi connectivity index (χ3n) is 1.87. The molecule has 2 amide bonds. The molecule has 0 atom stereocenters. The average molecular weight is 149 g/mol. The van der Waals surface area contributed by atoms with E-state index in [0.717, 1.165) is 12.8 Å². The third-order valence-corrected chi connectivity index (χ3v) is 1.87. The van der Waals surface area contributed by atoms with E-state index in [-0.39, 0.29) is 11.8 Å². The molecule has 1 saturated heterocycles. The molecule has 0 saturated carbocycles. The number of carbonyl (C=O) groups excluding carboxylic acids is 2. The van der Waals surface area contributed by atoms with Gasteiger partial charge in [0.05, 0.1) is 0 Å². The molecule has 0 aromatic heterocycles. The van der Waals surface area contributed by atoms with E-state index < -0.39 is 0 Å². The fourth-order valence-corrected chi connectivity index (χ4v) is 1.34. The van der Waals surface area contributed by atoms with E-state index in [2.05, 4.69) is 5.32 Å². The quantitative estimate of drug-likeness (QED) is 0.503. The van der Waals surface area contributed by atoms with Crippen molar-refractivity contribution >= 4 is 11.8 Å². The molecular formula is C8H7NO2. The first-order chi connectivity index (χ1) is 5.29. The van der Waals surface area contributed by atoms with Crippen LogP contribution in [0.15, 0.2) is 23.3 Å². The molecule has 56 valence electrons. The van der Waals surface area contributed by atoms with E-state index in [1.165, 1.54) is 0 Å². The number of allylic oxidation sites excluding steroid dienone is 2. The summed E-state index contributed by atoms with van der Waals surface area (Å²) in [5, 5.41) is 2.24. The van der Waals surface area contributed by atoms with Crippen molar-refractivity contribution in [3.63, 3.8) is 0 Å². The van der Waals surface area contributed by atoms with Crippen LogP contribution in [0.2, 0.25) is 0 Å². The lowest BCUT2D eigenvalue weighted by Crippen LogP contribution is -2.19. The number of rotatable bonds is 0. The van der Waals surface area contributed by atoms with Crippen LogP contribution in [-0.2, 0) is 9.59 Å². The lowest BCUT2D eigenvalue weighted by Gasteiger charge is -2.01. The smallest absolute Gasteiger partial charge is 0.258 e. The lowest BCUT2D eigenvalue weighted by molar-refractivity contribution is -0.123. The highest BCUT2D eigenvalue weighted by Gasteiger charge is 2.30. The first-order valence-electron chi connectivity index (χ1n) is 3.55. The molecule has 1 heterocycles. The van der Waals surface area contributed by atoms with Crippen molar-refractivity contribution in [2.75, 3.05) is 0 Å².